The van der Waals surface area contributed by atoms with Crippen molar-refractivity contribution in [1.29, 1.82) is 0 Å². The van der Waals surface area contributed by atoms with E-state index in [0.29, 0.717) is 12.2 Å². The molecular formula is C11H20N4O2. The van der Waals surface area contributed by atoms with E-state index >= 15 is 0 Å². The van der Waals surface area contributed by atoms with Crippen molar-refractivity contribution in [1.82, 2.24) is 15.1 Å². The van der Waals surface area contributed by atoms with Gasteiger partial charge in [-0.05, 0) is 12.3 Å². The molecule has 0 saturated heterocycles. The van der Waals surface area contributed by atoms with Crippen LogP contribution in [-0.4, -0.2) is 33.6 Å². The Labute approximate surface area is 101 Å². The highest BCUT2D eigenvalue weighted by Crippen LogP contribution is 2.06. The number of urea groups is 1. The van der Waals surface area contributed by atoms with E-state index < -0.39 is 0 Å². The number of aliphatic hydroxyl groups is 1. The predicted octanol–water partition coefficient (Wildman–Crippen LogP) is 0.949. The van der Waals surface area contributed by atoms with Gasteiger partial charge < -0.3 is 10.4 Å². The molecular weight excluding hydrogens is 220 g/mol. The lowest BCUT2D eigenvalue weighted by atomic mass is 10.0. The number of nitrogens with zero attached hydrogens (tertiary/aromatic N) is 2. The maximum absolute atomic E-state index is 11.7. The summed E-state index contributed by atoms with van der Waals surface area (Å²) in [6.45, 7) is 4.06. The van der Waals surface area contributed by atoms with Crippen molar-refractivity contribution in [3.8, 4) is 0 Å². The molecule has 17 heavy (non-hydrogen) atoms. The maximum atomic E-state index is 11.7. The van der Waals surface area contributed by atoms with E-state index in [1.807, 2.05) is 13.8 Å². The van der Waals surface area contributed by atoms with E-state index in [4.69, 9.17) is 5.11 Å². The van der Waals surface area contributed by atoms with Gasteiger partial charge in [-0.1, -0.05) is 13.8 Å². The number of nitrogens with one attached hydrogen (secondary N) is 2. The minimum absolute atomic E-state index is 0.0382. The van der Waals surface area contributed by atoms with Crippen molar-refractivity contribution >= 4 is 11.8 Å². The van der Waals surface area contributed by atoms with Gasteiger partial charge in [-0.15, -0.1) is 0 Å². The molecule has 0 spiro atoms. The van der Waals surface area contributed by atoms with Gasteiger partial charge in [-0.2, -0.15) is 5.10 Å². The summed E-state index contributed by atoms with van der Waals surface area (Å²) in [6.07, 6.45) is 2.30. The maximum Gasteiger partial charge on any atom is 0.320 e. The highest BCUT2D eigenvalue weighted by Gasteiger charge is 2.15. The first-order chi connectivity index (χ1) is 8.02. The number of amides is 2. The van der Waals surface area contributed by atoms with Crippen molar-refractivity contribution in [2.24, 2.45) is 13.0 Å². The average molecular weight is 240 g/mol. The second-order valence-electron chi connectivity index (χ2n) is 4.34. The largest absolute Gasteiger partial charge is 0.396 e. The Morgan fingerprint density at radius 2 is 2.29 bits per heavy atom. The Morgan fingerprint density at radius 1 is 1.59 bits per heavy atom. The normalized spacial score (nSPS) is 12.5. The topological polar surface area (TPSA) is 79.2 Å². The highest BCUT2D eigenvalue weighted by atomic mass is 16.3. The van der Waals surface area contributed by atoms with E-state index in [2.05, 4.69) is 15.7 Å². The molecule has 1 aromatic rings. The van der Waals surface area contributed by atoms with Crippen LogP contribution in [0.2, 0.25) is 0 Å². The van der Waals surface area contributed by atoms with E-state index in [-0.39, 0.29) is 24.6 Å². The number of rotatable bonds is 5. The number of aromatic nitrogens is 2. The Bertz CT molecular complexity index is 362. The van der Waals surface area contributed by atoms with Gasteiger partial charge in [0.25, 0.3) is 0 Å². The molecule has 0 aliphatic heterocycles. The van der Waals surface area contributed by atoms with Crippen LogP contribution in [0.15, 0.2) is 12.3 Å². The van der Waals surface area contributed by atoms with Crippen molar-refractivity contribution in [3.05, 3.63) is 12.3 Å². The molecule has 1 unspecified atom stereocenters. The van der Waals surface area contributed by atoms with Gasteiger partial charge in [-0.25, -0.2) is 4.79 Å². The summed E-state index contributed by atoms with van der Waals surface area (Å²) in [4.78, 5) is 11.7. The number of anilines is 1. The summed E-state index contributed by atoms with van der Waals surface area (Å²) in [5.74, 6) is 0.785. The summed E-state index contributed by atoms with van der Waals surface area (Å²) in [7, 11) is 1.78. The molecule has 6 heteroatoms. The van der Waals surface area contributed by atoms with E-state index in [1.165, 1.54) is 0 Å². The predicted molar refractivity (Wildman–Crippen MR) is 65.7 cm³/mol. The Balaban J connectivity index is 2.47. The number of hydrogen-bond acceptors (Lipinski definition) is 3. The molecule has 6 nitrogen and oxygen atoms in total. The smallest absolute Gasteiger partial charge is 0.320 e. The monoisotopic (exact) mass is 240 g/mol. The van der Waals surface area contributed by atoms with E-state index in [9.17, 15) is 4.79 Å². The Morgan fingerprint density at radius 3 is 2.76 bits per heavy atom. The summed E-state index contributed by atoms with van der Waals surface area (Å²) < 4.78 is 1.61. The minimum Gasteiger partial charge on any atom is -0.396 e. The second-order valence-corrected chi connectivity index (χ2v) is 4.34. The molecule has 1 rings (SSSR count). The van der Waals surface area contributed by atoms with Crippen LogP contribution in [0.25, 0.3) is 0 Å². The molecule has 0 aliphatic rings. The van der Waals surface area contributed by atoms with Crippen LogP contribution < -0.4 is 10.6 Å². The van der Waals surface area contributed by atoms with Crippen LogP contribution in [0.5, 0.6) is 0 Å². The molecule has 0 bridgehead atoms. The lowest BCUT2D eigenvalue weighted by molar-refractivity contribution is 0.227. The highest BCUT2D eigenvalue weighted by molar-refractivity contribution is 5.88. The molecule has 1 aromatic heterocycles. The molecule has 0 aromatic carbocycles. The second kappa shape index (κ2) is 6.24. The summed E-state index contributed by atoms with van der Waals surface area (Å²) in [6, 6.07) is 1.38. The van der Waals surface area contributed by atoms with Crippen molar-refractivity contribution < 1.29 is 9.90 Å². The third-order valence-electron chi connectivity index (χ3n) is 2.52. The molecule has 96 valence electrons. The minimum atomic E-state index is -0.296. The number of hydrogen-bond donors (Lipinski definition) is 3. The fourth-order valence-corrected chi connectivity index (χ4v) is 1.51. The first kappa shape index (κ1) is 13.5. The van der Waals surface area contributed by atoms with Crippen LogP contribution >= 0.6 is 0 Å². The van der Waals surface area contributed by atoms with Crippen LogP contribution in [0.4, 0.5) is 10.6 Å². The standard InChI is InChI=1S/C11H20N4O2/c1-8(2)9(5-7-16)12-11(17)13-10-4-6-15(3)14-10/h4,6,8-9,16H,5,7H2,1-3H3,(H2,12,13,14,17). The van der Waals surface area contributed by atoms with E-state index in [0.717, 1.165) is 0 Å². The van der Waals surface area contributed by atoms with Crippen LogP contribution in [0.3, 0.4) is 0 Å². The van der Waals surface area contributed by atoms with Crippen molar-refractivity contribution in [2.75, 3.05) is 11.9 Å². The van der Waals surface area contributed by atoms with E-state index in [1.54, 1.807) is 24.0 Å². The molecule has 2 amide bonds. The third kappa shape index (κ3) is 4.44. The Kier molecular flexibility index (Phi) is 4.96. The summed E-state index contributed by atoms with van der Waals surface area (Å²) in [5.41, 5.74) is 0. The zero-order valence-corrected chi connectivity index (χ0v) is 10.5. The lowest BCUT2D eigenvalue weighted by Gasteiger charge is -2.21. The van der Waals surface area contributed by atoms with Crippen LogP contribution in [0.1, 0.15) is 20.3 Å². The van der Waals surface area contributed by atoms with Crippen LogP contribution in [-0.2, 0) is 7.05 Å². The van der Waals surface area contributed by atoms with Gasteiger partial charge >= 0.3 is 6.03 Å². The lowest BCUT2D eigenvalue weighted by Crippen LogP contribution is -2.41. The number of carbonyl (C=O) groups is 1. The zero-order chi connectivity index (χ0) is 12.8. The van der Waals surface area contributed by atoms with Gasteiger partial charge in [0.2, 0.25) is 0 Å². The summed E-state index contributed by atoms with van der Waals surface area (Å²) >= 11 is 0. The molecule has 0 radical (unpaired) electrons. The number of aliphatic hydroxyl groups excluding tert-OH is 1. The first-order valence-corrected chi connectivity index (χ1v) is 5.71. The van der Waals surface area contributed by atoms with Gasteiger partial charge in [0.15, 0.2) is 5.82 Å². The van der Waals surface area contributed by atoms with Gasteiger partial charge in [0.1, 0.15) is 0 Å². The van der Waals surface area contributed by atoms with Gasteiger partial charge in [0, 0.05) is 32.0 Å². The molecule has 0 fully saturated rings. The van der Waals surface area contributed by atoms with Gasteiger partial charge in [-0.3, -0.25) is 10.00 Å². The fourth-order valence-electron chi connectivity index (χ4n) is 1.51. The summed E-state index contributed by atoms with van der Waals surface area (Å²) in [5, 5.41) is 18.4. The molecule has 0 saturated carbocycles. The molecule has 1 atom stereocenters. The van der Waals surface area contributed by atoms with Gasteiger partial charge in [0.05, 0.1) is 0 Å². The first-order valence-electron chi connectivity index (χ1n) is 5.71. The van der Waals surface area contributed by atoms with Crippen molar-refractivity contribution in [2.45, 2.75) is 26.3 Å². The van der Waals surface area contributed by atoms with Crippen LogP contribution in [0, 0.1) is 5.92 Å². The number of carbonyl (C=O) groups excluding carboxylic acids is 1. The zero-order valence-electron chi connectivity index (χ0n) is 10.5. The Hall–Kier alpha value is -1.56. The molecule has 0 aliphatic carbocycles. The molecule has 3 N–H and O–H groups in total. The third-order valence-corrected chi connectivity index (χ3v) is 2.52. The SMILES string of the molecule is CC(C)C(CCO)NC(=O)Nc1ccn(C)n1. The quantitative estimate of drug-likeness (QED) is 0.717. The van der Waals surface area contributed by atoms with Crippen molar-refractivity contribution in [3.63, 3.8) is 0 Å². The average Bonchev–Trinajstić information content (AvgIpc) is 2.63. The molecule has 1 heterocycles. The fraction of sp³-hybridized carbons (Fsp3) is 0.636. The number of aryl methyl sites for hydroxylation is 1.